The summed E-state index contributed by atoms with van der Waals surface area (Å²) in [5, 5.41) is 13.6. The Morgan fingerprint density at radius 2 is 2.11 bits per heavy atom. The van der Waals surface area contributed by atoms with E-state index in [4.69, 9.17) is 0 Å². The fourth-order valence-corrected chi connectivity index (χ4v) is 2.78. The minimum Gasteiger partial charge on any atom is -0.392 e. The van der Waals surface area contributed by atoms with Crippen LogP contribution in [0.2, 0.25) is 0 Å². The van der Waals surface area contributed by atoms with Gasteiger partial charge in [0.05, 0.1) is 18.0 Å². The predicted molar refractivity (Wildman–Crippen MR) is 77.3 cm³/mol. The Balaban J connectivity index is 1.94. The molecule has 0 aromatic carbocycles. The summed E-state index contributed by atoms with van der Waals surface area (Å²) in [6, 6.07) is 0.222. The largest absolute Gasteiger partial charge is 0.392 e. The molecule has 108 valence electrons. The standard InChI is InChI=1S/C14H26N4O/c1-17(2)14-16-10-11(18(14)3)9-15-12-7-5-4-6-8-13(12)19/h10,12-13,15,19H,4-9H2,1-3H3. The van der Waals surface area contributed by atoms with Gasteiger partial charge in [0.15, 0.2) is 0 Å². The van der Waals surface area contributed by atoms with Crippen molar-refractivity contribution in [3.8, 4) is 0 Å². The van der Waals surface area contributed by atoms with Crippen LogP contribution in [0.15, 0.2) is 6.20 Å². The molecule has 0 saturated heterocycles. The van der Waals surface area contributed by atoms with Crippen molar-refractivity contribution in [1.82, 2.24) is 14.9 Å². The molecule has 1 saturated carbocycles. The average molecular weight is 266 g/mol. The van der Waals surface area contributed by atoms with E-state index in [1.54, 1.807) is 0 Å². The zero-order chi connectivity index (χ0) is 13.8. The molecule has 2 atom stereocenters. The summed E-state index contributed by atoms with van der Waals surface area (Å²) in [7, 11) is 6.02. The molecule has 1 fully saturated rings. The normalized spacial score (nSPS) is 24.2. The molecule has 2 rings (SSSR count). The van der Waals surface area contributed by atoms with Gasteiger partial charge in [-0.2, -0.15) is 0 Å². The Labute approximate surface area is 115 Å². The topological polar surface area (TPSA) is 53.3 Å². The highest BCUT2D eigenvalue weighted by Gasteiger charge is 2.21. The molecule has 1 aliphatic rings. The van der Waals surface area contributed by atoms with Crippen LogP contribution in [0.3, 0.4) is 0 Å². The van der Waals surface area contributed by atoms with Crippen molar-refractivity contribution in [3.05, 3.63) is 11.9 Å². The van der Waals surface area contributed by atoms with Crippen LogP contribution in [0.5, 0.6) is 0 Å². The first kappa shape index (κ1) is 14.3. The maximum atomic E-state index is 10.1. The van der Waals surface area contributed by atoms with Crippen LogP contribution in [-0.4, -0.2) is 40.9 Å². The highest BCUT2D eigenvalue weighted by Crippen LogP contribution is 2.19. The molecule has 2 unspecified atom stereocenters. The maximum absolute atomic E-state index is 10.1. The molecule has 5 nitrogen and oxygen atoms in total. The molecule has 1 aliphatic carbocycles. The first-order valence-electron chi connectivity index (χ1n) is 7.19. The first-order chi connectivity index (χ1) is 9.09. The van der Waals surface area contributed by atoms with Gasteiger partial charge in [-0.05, 0) is 12.8 Å². The van der Waals surface area contributed by atoms with Gasteiger partial charge in [-0.15, -0.1) is 0 Å². The van der Waals surface area contributed by atoms with E-state index in [0.717, 1.165) is 37.4 Å². The van der Waals surface area contributed by atoms with Gasteiger partial charge in [0.2, 0.25) is 5.95 Å². The Morgan fingerprint density at radius 1 is 1.37 bits per heavy atom. The summed E-state index contributed by atoms with van der Waals surface area (Å²) >= 11 is 0. The first-order valence-corrected chi connectivity index (χ1v) is 7.19. The monoisotopic (exact) mass is 266 g/mol. The highest BCUT2D eigenvalue weighted by atomic mass is 16.3. The number of nitrogens with zero attached hydrogens (tertiary/aromatic N) is 3. The van der Waals surface area contributed by atoms with E-state index in [1.807, 2.05) is 32.2 Å². The van der Waals surface area contributed by atoms with E-state index in [9.17, 15) is 5.11 Å². The van der Waals surface area contributed by atoms with Crippen molar-refractivity contribution in [1.29, 1.82) is 0 Å². The van der Waals surface area contributed by atoms with Gasteiger partial charge in [0.1, 0.15) is 0 Å². The number of imidazole rings is 1. The van der Waals surface area contributed by atoms with Crippen LogP contribution in [-0.2, 0) is 13.6 Å². The fourth-order valence-electron chi connectivity index (χ4n) is 2.78. The highest BCUT2D eigenvalue weighted by molar-refractivity contribution is 5.30. The molecular weight excluding hydrogens is 240 g/mol. The molecule has 5 heteroatoms. The number of hydrogen-bond acceptors (Lipinski definition) is 4. The van der Waals surface area contributed by atoms with Gasteiger partial charge in [0.25, 0.3) is 0 Å². The molecule has 2 N–H and O–H groups in total. The number of anilines is 1. The quantitative estimate of drug-likeness (QED) is 0.806. The molecule has 1 aromatic heterocycles. The predicted octanol–water partition coefficient (Wildman–Crippen LogP) is 1.27. The number of hydrogen-bond donors (Lipinski definition) is 2. The maximum Gasteiger partial charge on any atom is 0.204 e. The fraction of sp³-hybridized carbons (Fsp3) is 0.786. The minimum atomic E-state index is -0.205. The molecule has 0 spiro atoms. The Morgan fingerprint density at radius 3 is 2.79 bits per heavy atom. The van der Waals surface area contributed by atoms with Crippen molar-refractivity contribution in [2.75, 3.05) is 19.0 Å². The summed E-state index contributed by atoms with van der Waals surface area (Å²) in [6.45, 7) is 0.763. The summed E-state index contributed by atoms with van der Waals surface area (Å²) in [5.74, 6) is 0.957. The van der Waals surface area contributed by atoms with E-state index in [-0.39, 0.29) is 12.1 Å². The van der Waals surface area contributed by atoms with E-state index >= 15 is 0 Å². The molecule has 19 heavy (non-hydrogen) atoms. The second kappa shape index (κ2) is 6.39. The van der Waals surface area contributed by atoms with Crippen LogP contribution >= 0.6 is 0 Å². The van der Waals surface area contributed by atoms with Crippen LogP contribution in [0.4, 0.5) is 5.95 Å². The van der Waals surface area contributed by atoms with Gasteiger partial charge in [-0.1, -0.05) is 19.3 Å². The summed E-state index contributed by atoms with van der Waals surface area (Å²) in [4.78, 5) is 6.41. The minimum absolute atomic E-state index is 0.205. The second-order valence-corrected chi connectivity index (χ2v) is 5.70. The summed E-state index contributed by atoms with van der Waals surface area (Å²) < 4.78 is 2.09. The van der Waals surface area contributed by atoms with Crippen LogP contribution < -0.4 is 10.2 Å². The third-order valence-corrected chi connectivity index (χ3v) is 3.98. The molecular formula is C14H26N4O. The molecule has 1 heterocycles. The van der Waals surface area contributed by atoms with Crippen LogP contribution in [0.1, 0.15) is 37.8 Å². The van der Waals surface area contributed by atoms with Gasteiger partial charge in [0, 0.05) is 33.7 Å². The lowest BCUT2D eigenvalue weighted by molar-refractivity contribution is 0.119. The van der Waals surface area contributed by atoms with Crippen LogP contribution in [0.25, 0.3) is 0 Å². The molecule has 0 bridgehead atoms. The van der Waals surface area contributed by atoms with Crippen molar-refractivity contribution in [2.45, 2.75) is 50.8 Å². The van der Waals surface area contributed by atoms with Crippen molar-refractivity contribution in [2.24, 2.45) is 7.05 Å². The third-order valence-electron chi connectivity index (χ3n) is 3.98. The SMILES string of the molecule is CN(C)c1ncc(CNC2CCCCCC2O)n1C. The lowest BCUT2D eigenvalue weighted by Crippen LogP contribution is -2.39. The van der Waals surface area contributed by atoms with E-state index in [1.165, 1.54) is 12.8 Å². The van der Waals surface area contributed by atoms with Crippen molar-refractivity contribution in [3.63, 3.8) is 0 Å². The summed E-state index contributed by atoms with van der Waals surface area (Å²) in [6.07, 6.45) is 7.30. The van der Waals surface area contributed by atoms with Crippen molar-refractivity contribution >= 4 is 5.95 Å². The molecule has 0 aliphatic heterocycles. The molecule has 0 amide bonds. The van der Waals surface area contributed by atoms with E-state index in [2.05, 4.69) is 14.9 Å². The van der Waals surface area contributed by atoms with Gasteiger partial charge in [-0.3, -0.25) is 0 Å². The van der Waals surface area contributed by atoms with Gasteiger partial charge >= 0.3 is 0 Å². The summed E-state index contributed by atoms with van der Waals surface area (Å²) in [5.41, 5.74) is 1.15. The zero-order valence-corrected chi connectivity index (χ0v) is 12.3. The van der Waals surface area contributed by atoms with Crippen LogP contribution in [0, 0.1) is 0 Å². The van der Waals surface area contributed by atoms with E-state index in [0.29, 0.717) is 0 Å². The van der Waals surface area contributed by atoms with Gasteiger partial charge in [-0.25, -0.2) is 4.98 Å². The Bertz CT molecular complexity index is 402. The number of nitrogens with one attached hydrogen (secondary N) is 1. The lowest BCUT2D eigenvalue weighted by atomic mass is 10.1. The number of aromatic nitrogens is 2. The lowest BCUT2D eigenvalue weighted by Gasteiger charge is -2.22. The van der Waals surface area contributed by atoms with E-state index < -0.39 is 0 Å². The van der Waals surface area contributed by atoms with Crippen molar-refractivity contribution < 1.29 is 5.11 Å². The number of aliphatic hydroxyl groups is 1. The average Bonchev–Trinajstić information content (AvgIpc) is 2.61. The smallest absolute Gasteiger partial charge is 0.204 e. The Kier molecular flexibility index (Phi) is 4.82. The zero-order valence-electron chi connectivity index (χ0n) is 12.3. The number of aliphatic hydroxyl groups excluding tert-OH is 1. The molecule has 0 radical (unpaired) electrons. The Hall–Kier alpha value is -1.07. The second-order valence-electron chi connectivity index (χ2n) is 5.70. The third kappa shape index (κ3) is 3.48. The molecule has 1 aromatic rings. The van der Waals surface area contributed by atoms with Gasteiger partial charge < -0.3 is 19.9 Å². The number of rotatable bonds is 4.